The molecule has 126 valence electrons. The molecule has 1 aliphatic rings. The number of methoxy groups -OCH3 is 1. The van der Waals surface area contributed by atoms with Crippen molar-refractivity contribution >= 4 is 17.1 Å². The van der Waals surface area contributed by atoms with Crippen molar-refractivity contribution in [1.82, 2.24) is 4.72 Å². The smallest absolute Gasteiger partial charge is 0.317 e. The second kappa shape index (κ2) is 6.65. The third-order valence-electron chi connectivity index (χ3n) is 3.98. The summed E-state index contributed by atoms with van der Waals surface area (Å²) in [6.45, 7) is 4.80. The maximum Gasteiger partial charge on any atom is 0.317 e. The van der Waals surface area contributed by atoms with Crippen LogP contribution >= 0.6 is 0 Å². The Morgan fingerprint density at radius 1 is 1.17 bits per heavy atom. The molecule has 0 bridgehead atoms. The van der Waals surface area contributed by atoms with E-state index in [0.717, 1.165) is 0 Å². The summed E-state index contributed by atoms with van der Waals surface area (Å²) < 4.78 is 25.4. The Labute approximate surface area is 144 Å². The summed E-state index contributed by atoms with van der Waals surface area (Å²) in [5, 5.41) is 0. The monoisotopic (exact) mass is 344 g/mol. The van der Waals surface area contributed by atoms with Crippen LogP contribution in [0.25, 0.3) is 0 Å². The van der Waals surface area contributed by atoms with Crippen LogP contribution in [-0.2, 0) is 16.7 Å². The lowest BCUT2D eigenvalue weighted by Crippen LogP contribution is -2.36. The molecule has 1 aliphatic heterocycles. The van der Waals surface area contributed by atoms with Gasteiger partial charge in [0.15, 0.2) is 5.75 Å². The SMILES string of the molecule is COc1cccc2c1C(=NCC(C)(C)c1ccccc1)NS(=O)O2. The number of benzene rings is 2. The van der Waals surface area contributed by atoms with Crippen LogP contribution in [0.2, 0.25) is 0 Å². The van der Waals surface area contributed by atoms with Gasteiger partial charge in [0.05, 0.1) is 13.7 Å². The summed E-state index contributed by atoms with van der Waals surface area (Å²) in [5.74, 6) is 1.66. The summed E-state index contributed by atoms with van der Waals surface area (Å²) in [4.78, 5) is 4.68. The normalized spacial score (nSPS) is 18.5. The molecule has 0 radical (unpaired) electrons. The Morgan fingerprint density at radius 2 is 1.92 bits per heavy atom. The standard InChI is InChI=1S/C18H20N2O3S/c1-18(2,13-8-5-4-6-9-13)12-19-17-16-14(22-3)10-7-11-15(16)23-24(21)20-17/h4-11H,12H2,1-3H3,(H,19,20). The van der Waals surface area contributed by atoms with Crippen LogP contribution in [0.3, 0.4) is 0 Å². The van der Waals surface area contributed by atoms with Crippen LogP contribution in [0.5, 0.6) is 11.5 Å². The second-order valence-corrected chi connectivity index (χ2v) is 7.01. The molecule has 0 spiro atoms. The molecule has 2 aromatic rings. The van der Waals surface area contributed by atoms with Crippen LogP contribution in [0.1, 0.15) is 25.0 Å². The molecule has 0 saturated carbocycles. The summed E-state index contributed by atoms with van der Waals surface area (Å²) in [5.41, 5.74) is 1.74. The number of nitrogens with zero attached hydrogens (tertiary/aromatic N) is 1. The number of hydrogen-bond acceptors (Lipinski definition) is 4. The molecule has 0 saturated heterocycles. The molecule has 3 rings (SSSR count). The quantitative estimate of drug-likeness (QED) is 0.927. The Morgan fingerprint density at radius 3 is 2.62 bits per heavy atom. The highest BCUT2D eigenvalue weighted by Gasteiger charge is 2.27. The molecule has 0 aromatic heterocycles. The van der Waals surface area contributed by atoms with E-state index in [0.29, 0.717) is 29.4 Å². The average molecular weight is 344 g/mol. The van der Waals surface area contributed by atoms with E-state index in [1.807, 2.05) is 24.3 Å². The molecule has 6 heteroatoms. The average Bonchev–Trinajstić information content (AvgIpc) is 2.59. The molecule has 0 amide bonds. The van der Waals surface area contributed by atoms with Crippen LogP contribution in [0, 0.1) is 0 Å². The largest absolute Gasteiger partial charge is 0.496 e. The Bertz CT molecular complexity index is 788. The van der Waals surface area contributed by atoms with Crippen LogP contribution < -0.4 is 13.6 Å². The van der Waals surface area contributed by atoms with Crippen LogP contribution in [-0.4, -0.2) is 23.7 Å². The fourth-order valence-corrected chi connectivity index (χ4v) is 3.25. The highest BCUT2D eigenvalue weighted by molar-refractivity contribution is 7.79. The number of amidine groups is 1. The summed E-state index contributed by atoms with van der Waals surface area (Å²) in [7, 11) is 1.59. The molecule has 1 heterocycles. The number of nitrogens with one attached hydrogen (secondary N) is 1. The van der Waals surface area contributed by atoms with E-state index in [9.17, 15) is 4.21 Å². The van der Waals surface area contributed by atoms with E-state index in [-0.39, 0.29) is 5.41 Å². The number of fused-ring (bicyclic) bond motifs is 1. The maximum atomic E-state index is 11.9. The highest BCUT2D eigenvalue weighted by atomic mass is 32.2. The molecule has 5 nitrogen and oxygen atoms in total. The predicted molar refractivity (Wildman–Crippen MR) is 95.8 cm³/mol. The number of hydrogen-bond donors (Lipinski definition) is 1. The minimum absolute atomic E-state index is 0.155. The van der Waals surface area contributed by atoms with Crippen molar-refractivity contribution in [2.24, 2.45) is 4.99 Å². The van der Waals surface area contributed by atoms with Gasteiger partial charge in [-0.1, -0.05) is 50.2 Å². The Balaban J connectivity index is 1.95. The minimum Gasteiger partial charge on any atom is -0.496 e. The highest BCUT2D eigenvalue weighted by Crippen LogP contribution is 2.32. The number of rotatable bonds is 4. The van der Waals surface area contributed by atoms with Crippen molar-refractivity contribution in [1.29, 1.82) is 0 Å². The Kier molecular flexibility index (Phi) is 4.57. The lowest BCUT2D eigenvalue weighted by Gasteiger charge is -2.25. The zero-order valence-electron chi connectivity index (χ0n) is 13.9. The van der Waals surface area contributed by atoms with E-state index in [4.69, 9.17) is 8.92 Å². The van der Waals surface area contributed by atoms with Crippen molar-refractivity contribution < 1.29 is 13.1 Å². The van der Waals surface area contributed by atoms with E-state index in [1.54, 1.807) is 19.2 Å². The first-order valence-electron chi connectivity index (χ1n) is 7.65. The molecule has 24 heavy (non-hydrogen) atoms. The second-order valence-electron chi connectivity index (χ2n) is 6.17. The van der Waals surface area contributed by atoms with Gasteiger partial charge in [-0.25, -0.2) is 0 Å². The van der Waals surface area contributed by atoms with Crippen molar-refractivity contribution in [2.45, 2.75) is 19.3 Å². The van der Waals surface area contributed by atoms with Crippen molar-refractivity contribution in [3.8, 4) is 11.5 Å². The molecule has 2 aromatic carbocycles. The van der Waals surface area contributed by atoms with E-state index in [1.165, 1.54) is 5.56 Å². The van der Waals surface area contributed by atoms with Gasteiger partial charge in [-0.05, 0) is 17.7 Å². The van der Waals surface area contributed by atoms with Gasteiger partial charge in [-0.3, -0.25) is 9.71 Å². The molecular weight excluding hydrogens is 324 g/mol. The fourth-order valence-electron chi connectivity index (χ4n) is 2.58. The maximum absolute atomic E-state index is 11.9. The zero-order valence-corrected chi connectivity index (χ0v) is 14.7. The van der Waals surface area contributed by atoms with Crippen molar-refractivity contribution in [3.05, 3.63) is 59.7 Å². The third kappa shape index (κ3) is 3.28. The van der Waals surface area contributed by atoms with Crippen LogP contribution in [0.15, 0.2) is 53.5 Å². The molecule has 0 fully saturated rings. The van der Waals surface area contributed by atoms with Gasteiger partial charge in [0, 0.05) is 5.41 Å². The van der Waals surface area contributed by atoms with Gasteiger partial charge in [0.25, 0.3) is 0 Å². The zero-order chi connectivity index (χ0) is 17.2. The third-order valence-corrected chi connectivity index (χ3v) is 4.67. The minimum atomic E-state index is -1.65. The predicted octanol–water partition coefficient (Wildman–Crippen LogP) is 2.98. The summed E-state index contributed by atoms with van der Waals surface area (Å²) in [6, 6.07) is 15.6. The molecule has 1 unspecified atom stereocenters. The summed E-state index contributed by atoms with van der Waals surface area (Å²) in [6.07, 6.45) is 0. The fraction of sp³-hybridized carbons (Fsp3) is 0.278. The topological polar surface area (TPSA) is 59.9 Å². The van der Waals surface area contributed by atoms with Gasteiger partial charge in [-0.2, -0.15) is 4.21 Å². The molecular formula is C18H20N2O3S. The Hall–Kier alpha value is -2.34. The van der Waals surface area contributed by atoms with Gasteiger partial charge in [0.1, 0.15) is 17.1 Å². The van der Waals surface area contributed by atoms with E-state index in [2.05, 4.69) is 35.7 Å². The number of ether oxygens (including phenoxy) is 1. The van der Waals surface area contributed by atoms with Gasteiger partial charge >= 0.3 is 11.3 Å². The molecule has 1 N–H and O–H groups in total. The molecule has 0 aliphatic carbocycles. The molecule has 1 atom stereocenters. The first kappa shape index (κ1) is 16.5. The van der Waals surface area contributed by atoms with Crippen molar-refractivity contribution in [2.75, 3.05) is 13.7 Å². The first-order valence-corrected chi connectivity index (χ1v) is 8.73. The van der Waals surface area contributed by atoms with Gasteiger partial charge in [-0.15, -0.1) is 0 Å². The lowest BCUT2D eigenvalue weighted by molar-refractivity contribution is 0.410. The van der Waals surface area contributed by atoms with E-state index >= 15 is 0 Å². The number of aliphatic imine (C=N–C) groups is 1. The lowest BCUT2D eigenvalue weighted by atomic mass is 9.85. The van der Waals surface area contributed by atoms with Crippen LogP contribution in [0.4, 0.5) is 0 Å². The van der Waals surface area contributed by atoms with Crippen molar-refractivity contribution in [3.63, 3.8) is 0 Å². The van der Waals surface area contributed by atoms with Gasteiger partial charge < -0.3 is 8.92 Å². The first-order chi connectivity index (χ1) is 11.5. The van der Waals surface area contributed by atoms with E-state index < -0.39 is 11.3 Å². The van der Waals surface area contributed by atoms with Gasteiger partial charge in [0.2, 0.25) is 0 Å². The summed E-state index contributed by atoms with van der Waals surface area (Å²) >= 11 is -1.65.